The number of rotatable bonds is 4. The minimum absolute atomic E-state index is 0.337. The van der Waals surface area contributed by atoms with Gasteiger partial charge < -0.3 is 10.6 Å². The molecule has 0 aromatic rings. The summed E-state index contributed by atoms with van der Waals surface area (Å²) in [5.74, 6) is 1.90. The minimum atomic E-state index is 0.337. The molecule has 16 heavy (non-hydrogen) atoms. The van der Waals surface area contributed by atoms with E-state index in [0.717, 1.165) is 12.3 Å². The molecule has 2 aliphatic rings. The Bertz CT molecular complexity index is 259. The van der Waals surface area contributed by atoms with E-state index in [4.69, 9.17) is 5.73 Å². The van der Waals surface area contributed by atoms with E-state index in [1.54, 1.807) is 0 Å². The van der Waals surface area contributed by atoms with Crippen molar-refractivity contribution in [3.8, 4) is 0 Å². The first kappa shape index (κ1) is 12.2. The number of likely N-dealkylation sites (tertiary alicyclic amines) is 1. The lowest BCUT2D eigenvalue weighted by Crippen LogP contribution is -2.40. The van der Waals surface area contributed by atoms with E-state index in [1.165, 1.54) is 19.3 Å². The van der Waals surface area contributed by atoms with Crippen molar-refractivity contribution in [2.45, 2.75) is 43.9 Å². The van der Waals surface area contributed by atoms with E-state index in [0.29, 0.717) is 36.1 Å². The fraction of sp³-hybridized carbons (Fsp3) is 0.917. The molecule has 1 heterocycles. The molecule has 4 heteroatoms. The quantitative estimate of drug-likeness (QED) is 0.812. The summed E-state index contributed by atoms with van der Waals surface area (Å²) in [6.45, 7) is 3.76. The summed E-state index contributed by atoms with van der Waals surface area (Å²) in [7, 11) is 0. The standard InChI is InChI=1S/C12H22N2OS/c1-2-16-11-5-3-4-10(11)14-8-9(7-13)6-12(14)15/h9-11H,2-8,13H2,1H3. The van der Waals surface area contributed by atoms with Gasteiger partial charge in [-0.15, -0.1) is 0 Å². The van der Waals surface area contributed by atoms with Crippen LogP contribution in [-0.2, 0) is 4.79 Å². The van der Waals surface area contributed by atoms with Gasteiger partial charge in [-0.1, -0.05) is 13.3 Å². The van der Waals surface area contributed by atoms with E-state index in [-0.39, 0.29) is 0 Å². The van der Waals surface area contributed by atoms with Gasteiger partial charge >= 0.3 is 0 Å². The van der Waals surface area contributed by atoms with Crippen LogP contribution in [0.25, 0.3) is 0 Å². The van der Waals surface area contributed by atoms with Crippen LogP contribution in [-0.4, -0.2) is 40.9 Å². The summed E-state index contributed by atoms with van der Waals surface area (Å²) >= 11 is 2.02. The summed E-state index contributed by atoms with van der Waals surface area (Å²) in [5.41, 5.74) is 5.67. The number of nitrogens with zero attached hydrogens (tertiary/aromatic N) is 1. The second-order valence-electron chi connectivity index (χ2n) is 4.84. The van der Waals surface area contributed by atoms with Crippen LogP contribution in [0.2, 0.25) is 0 Å². The monoisotopic (exact) mass is 242 g/mol. The van der Waals surface area contributed by atoms with Crippen molar-refractivity contribution in [2.75, 3.05) is 18.8 Å². The average Bonchev–Trinajstić information content (AvgIpc) is 2.85. The maximum Gasteiger partial charge on any atom is 0.223 e. The van der Waals surface area contributed by atoms with Crippen LogP contribution in [0, 0.1) is 5.92 Å². The summed E-state index contributed by atoms with van der Waals surface area (Å²) in [4.78, 5) is 14.1. The Labute approximate surface area is 102 Å². The van der Waals surface area contributed by atoms with Gasteiger partial charge in [-0.25, -0.2) is 0 Å². The van der Waals surface area contributed by atoms with Gasteiger partial charge in [0.15, 0.2) is 0 Å². The van der Waals surface area contributed by atoms with Crippen LogP contribution in [0.15, 0.2) is 0 Å². The van der Waals surface area contributed by atoms with E-state index in [1.807, 2.05) is 11.8 Å². The van der Waals surface area contributed by atoms with Crippen LogP contribution in [0.1, 0.15) is 32.6 Å². The molecule has 0 aromatic carbocycles. The highest BCUT2D eigenvalue weighted by Crippen LogP contribution is 2.36. The molecule has 2 N–H and O–H groups in total. The van der Waals surface area contributed by atoms with Crippen molar-refractivity contribution in [1.82, 2.24) is 4.90 Å². The number of carbonyl (C=O) groups excluding carboxylic acids is 1. The summed E-state index contributed by atoms with van der Waals surface area (Å²) < 4.78 is 0. The normalized spacial score (nSPS) is 35.0. The first-order chi connectivity index (χ1) is 7.76. The van der Waals surface area contributed by atoms with Crippen LogP contribution in [0.3, 0.4) is 0 Å². The molecule has 3 atom stereocenters. The topological polar surface area (TPSA) is 46.3 Å². The van der Waals surface area contributed by atoms with Gasteiger partial charge in [0.05, 0.1) is 0 Å². The van der Waals surface area contributed by atoms with Crippen LogP contribution < -0.4 is 5.73 Å². The Hall–Kier alpha value is -0.220. The molecule has 0 aromatic heterocycles. The zero-order chi connectivity index (χ0) is 11.5. The molecule has 1 amide bonds. The van der Waals surface area contributed by atoms with Gasteiger partial charge in [-0.3, -0.25) is 4.79 Å². The smallest absolute Gasteiger partial charge is 0.223 e. The average molecular weight is 242 g/mol. The van der Waals surface area contributed by atoms with E-state index >= 15 is 0 Å². The van der Waals surface area contributed by atoms with Gasteiger partial charge in [0.25, 0.3) is 0 Å². The molecular formula is C12H22N2OS. The molecule has 3 unspecified atom stereocenters. The molecule has 2 fully saturated rings. The molecule has 1 saturated carbocycles. The third kappa shape index (κ3) is 2.38. The Morgan fingerprint density at radius 3 is 2.94 bits per heavy atom. The van der Waals surface area contributed by atoms with Crippen molar-refractivity contribution < 1.29 is 4.79 Å². The van der Waals surface area contributed by atoms with Gasteiger partial charge in [0, 0.05) is 24.3 Å². The maximum absolute atomic E-state index is 11.9. The third-order valence-corrected chi connectivity index (χ3v) is 5.08. The molecule has 3 nitrogen and oxygen atoms in total. The van der Waals surface area contributed by atoms with Gasteiger partial charge in [-0.05, 0) is 31.1 Å². The van der Waals surface area contributed by atoms with Crippen molar-refractivity contribution in [1.29, 1.82) is 0 Å². The lowest BCUT2D eigenvalue weighted by molar-refractivity contribution is -0.129. The summed E-state index contributed by atoms with van der Waals surface area (Å²) in [6, 6.07) is 0.494. The van der Waals surface area contributed by atoms with Crippen molar-refractivity contribution in [3.63, 3.8) is 0 Å². The van der Waals surface area contributed by atoms with Crippen molar-refractivity contribution in [3.05, 3.63) is 0 Å². The predicted octanol–water partition coefficient (Wildman–Crippen LogP) is 1.47. The zero-order valence-corrected chi connectivity index (χ0v) is 10.8. The highest BCUT2D eigenvalue weighted by molar-refractivity contribution is 7.99. The molecule has 0 spiro atoms. The molecule has 1 aliphatic heterocycles. The fourth-order valence-corrected chi connectivity index (χ4v) is 4.23. The first-order valence-electron chi connectivity index (χ1n) is 6.37. The molecule has 1 aliphatic carbocycles. The largest absolute Gasteiger partial charge is 0.338 e. The number of nitrogens with two attached hydrogens (primary N) is 1. The third-order valence-electron chi connectivity index (χ3n) is 3.77. The van der Waals surface area contributed by atoms with Crippen LogP contribution in [0.4, 0.5) is 0 Å². The number of thioether (sulfide) groups is 1. The van der Waals surface area contributed by atoms with Gasteiger partial charge in [0.1, 0.15) is 0 Å². The van der Waals surface area contributed by atoms with Crippen molar-refractivity contribution >= 4 is 17.7 Å². The molecule has 92 valence electrons. The van der Waals surface area contributed by atoms with Crippen LogP contribution >= 0.6 is 11.8 Å². The highest BCUT2D eigenvalue weighted by Gasteiger charge is 2.39. The molecule has 1 saturated heterocycles. The Balaban J connectivity index is 1.98. The van der Waals surface area contributed by atoms with E-state index in [2.05, 4.69) is 11.8 Å². The zero-order valence-electron chi connectivity index (χ0n) is 10.0. The SMILES string of the molecule is CCSC1CCCC1N1CC(CN)CC1=O. The van der Waals surface area contributed by atoms with E-state index < -0.39 is 0 Å². The predicted molar refractivity (Wildman–Crippen MR) is 68.4 cm³/mol. The second-order valence-corrected chi connectivity index (χ2v) is 6.36. The fourth-order valence-electron chi connectivity index (χ4n) is 2.96. The minimum Gasteiger partial charge on any atom is -0.338 e. The maximum atomic E-state index is 11.9. The Morgan fingerprint density at radius 1 is 1.50 bits per heavy atom. The van der Waals surface area contributed by atoms with Gasteiger partial charge in [-0.2, -0.15) is 11.8 Å². The number of hydrogen-bond acceptors (Lipinski definition) is 3. The molecule has 0 radical (unpaired) electrons. The number of hydrogen-bond donors (Lipinski definition) is 1. The lowest BCUT2D eigenvalue weighted by atomic mass is 10.1. The summed E-state index contributed by atoms with van der Waals surface area (Å²) in [5, 5.41) is 0.672. The molecule has 0 bridgehead atoms. The molecular weight excluding hydrogens is 220 g/mol. The highest BCUT2D eigenvalue weighted by atomic mass is 32.2. The summed E-state index contributed by atoms with van der Waals surface area (Å²) in [6.07, 6.45) is 4.43. The molecule has 2 rings (SSSR count). The van der Waals surface area contributed by atoms with Gasteiger partial charge in [0.2, 0.25) is 5.91 Å². The Morgan fingerprint density at radius 2 is 2.31 bits per heavy atom. The van der Waals surface area contributed by atoms with Crippen molar-refractivity contribution in [2.24, 2.45) is 11.7 Å². The number of amides is 1. The first-order valence-corrected chi connectivity index (χ1v) is 7.42. The lowest BCUT2D eigenvalue weighted by Gasteiger charge is -2.29. The number of carbonyl (C=O) groups is 1. The van der Waals surface area contributed by atoms with E-state index in [9.17, 15) is 4.79 Å². The van der Waals surface area contributed by atoms with Crippen LogP contribution in [0.5, 0.6) is 0 Å². The Kier molecular flexibility index (Phi) is 4.14. The second kappa shape index (κ2) is 5.41.